The first kappa shape index (κ1) is 9.51. The van der Waals surface area contributed by atoms with Gasteiger partial charge in [-0.15, -0.1) is 0 Å². The average Bonchev–Trinajstić information content (AvgIpc) is 2.60. The minimum atomic E-state index is -0.294. The van der Waals surface area contributed by atoms with Crippen LogP contribution in [0.25, 0.3) is 10.9 Å². The number of benzene rings is 1. The number of nitrogens with one attached hydrogen (secondary N) is 1. The monoisotopic (exact) mass is 205 g/mol. The molecule has 0 atom stereocenters. The molecular formula is C10H11N3O2. The zero-order valence-corrected chi connectivity index (χ0v) is 8.28. The molecule has 1 heterocycles. The summed E-state index contributed by atoms with van der Waals surface area (Å²) in [4.78, 5) is 11.1. The van der Waals surface area contributed by atoms with Crippen molar-refractivity contribution in [1.29, 1.82) is 0 Å². The van der Waals surface area contributed by atoms with E-state index in [1.807, 2.05) is 6.07 Å². The topological polar surface area (TPSA) is 81.0 Å². The number of esters is 1. The number of hydrogen-bond acceptors (Lipinski definition) is 4. The Hall–Kier alpha value is -2.04. The zero-order valence-electron chi connectivity index (χ0n) is 8.28. The number of nitrogens with zero attached hydrogens (tertiary/aromatic N) is 1. The number of methoxy groups -OCH3 is 1. The number of carbonyl (C=O) groups is 1. The van der Waals surface area contributed by atoms with Gasteiger partial charge in [-0.05, 0) is 18.2 Å². The molecule has 0 aliphatic rings. The third-order valence-corrected chi connectivity index (χ3v) is 2.21. The maximum Gasteiger partial charge on any atom is 0.311 e. The summed E-state index contributed by atoms with van der Waals surface area (Å²) in [6, 6.07) is 5.37. The van der Waals surface area contributed by atoms with Gasteiger partial charge in [-0.2, -0.15) is 5.10 Å². The summed E-state index contributed by atoms with van der Waals surface area (Å²) >= 11 is 0. The van der Waals surface area contributed by atoms with Gasteiger partial charge in [-0.25, -0.2) is 0 Å². The largest absolute Gasteiger partial charge is 0.469 e. The van der Waals surface area contributed by atoms with Gasteiger partial charge in [0.15, 0.2) is 0 Å². The first-order valence-corrected chi connectivity index (χ1v) is 4.50. The van der Waals surface area contributed by atoms with Crippen LogP contribution in [0.2, 0.25) is 0 Å². The predicted molar refractivity (Wildman–Crippen MR) is 56.2 cm³/mol. The summed E-state index contributed by atoms with van der Waals surface area (Å²) in [7, 11) is 1.36. The minimum absolute atomic E-state index is 0.191. The molecule has 1 aromatic carbocycles. The number of aromatic amines is 1. The predicted octanol–water partition coefficient (Wildman–Crippen LogP) is 0.861. The molecule has 0 aliphatic carbocycles. The molecule has 0 amide bonds. The van der Waals surface area contributed by atoms with Gasteiger partial charge in [0.25, 0.3) is 0 Å². The van der Waals surface area contributed by atoms with Crippen LogP contribution in [0.3, 0.4) is 0 Å². The van der Waals surface area contributed by atoms with Crippen LogP contribution in [0.5, 0.6) is 0 Å². The number of fused-ring (bicyclic) bond motifs is 1. The molecule has 0 aliphatic heterocycles. The highest BCUT2D eigenvalue weighted by Crippen LogP contribution is 2.18. The van der Waals surface area contributed by atoms with Crippen LogP contribution in [0.1, 0.15) is 5.69 Å². The SMILES string of the molecule is COC(=O)Cc1[nH]nc2cc(N)ccc12. The van der Waals surface area contributed by atoms with E-state index in [1.54, 1.807) is 12.1 Å². The lowest BCUT2D eigenvalue weighted by molar-refractivity contribution is -0.139. The third-order valence-electron chi connectivity index (χ3n) is 2.21. The zero-order chi connectivity index (χ0) is 10.8. The second-order valence-electron chi connectivity index (χ2n) is 3.23. The molecule has 78 valence electrons. The molecule has 0 spiro atoms. The van der Waals surface area contributed by atoms with Crippen LogP contribution in [-0.4, -0.2) is 23.3 Å². The number of hydrogen-bond donors (Lipinski definition) is 2. The second kappa shape index (κ2) is 3.61. The number of ether oxygens (including phenoxy) is 1. The minimum Gasteiger partial charge on any atom is -0.469 e. The van der Waals surface area contributed by atoms with E-state index >= 15 is 0 Å². The normalized spacial score (nSPS) is 10.5. The summed E-state index contributed by atoms with van der Waals surface area (Å²) in [5.74, 6) is -0.294. The Balaban J connectivity index is 2.41. The van der Waals surface area contributed by atoms with Crippen molar-refractivity contribution < 1.29 is 9.53 Å². The van der Waals surface area contributed by atoms with Gasteiger partial charge in [0.2, 0.25) is 0 Å². The summed E-state index contributed by atoms with van der Waals surface area (Å²) < 4.78 is 4.58. The van der Waals surface area contributed by atoms with E-state index in [9.17, 15) is 4.79 Å². The Morgan fingerprint density at radius 2 is 2.40 bits per heavy atom. The number of H-pyrrole nitrogens is 1. The van der Waals surface area contributed by atoms with Crippen molar-refractivity contribution in [2.24, 2.45) is 0 Å². The molecule has 0 bridgehead atoms. The van der Waals surface area contributed by atoms with E-state index in [4.69, 9.17) is 5.73 Å². The van der Waals surface area contributed by atoms with Gasteiger partial charge >= 0.3 is 5.97 Å². The Bertz CT molecular complexity index is 504. The van der Waals surface area contributed by atoms with Crippen molar-refractivity contribution in [1.82, 2.24) is 10.2 Å². The first-order valence-electron chi connectivity index (χ1n) is 4.50. The van der Waals surface area contributed by atoms with Crippen LogP contribution in [0.15, 0.2) is 18.2 Å². The van der Waals surface area contributed by atoms with Crippen LogP contribution in [0.4, 0.5) is 5.69 Å². The molecule has 2 rings (SSSR count). The van der Waals surface area contributed by atoms with Crippen LogP contribution < -0.4 is 5.73 Å². The van der Waals surface area contributed by atoms with E-state index in [2.05, 4.69) is 14.9 Å². The smallest absolute Gasteiger partial charge is 0.311 e. The second-order valence-corrected chi connectivity index (χ2v) is 3.23. The lowest BCUT2D eigenvalue weighted by Crippen LogP contribution is -2.04. The molecule has 0 radical (unpaired) electrons. The van der Waals surface area contributed by atoms with Crippen LogP contribution in [0, 0.1) is 0 Å². The molecule has 2 aromatic rings. The lowest BCUT2D eigenvalue weighted by Gasteiger charge is -1.97. The van der Waals surface area contributed by atoms with Crippen LogP contribution in [-0.2, 0) is 16.0 Å². The van der Waals surface area contributed by atoms with Crippen LogP contribution >= 0.6 is 0 Å². The summed E-state index contributed by atoms with van der Waals surface area (Å²) in [5, 5.41) is 7.75. The van der Waals surface area contributed by atoms with E-state index in [0.717, 1.165) is 16.6 Å². The maximum atomic E-state index is 11.1. The van der Waals surface area contributed by atoms with Crippen molar-refractivity contribution in [3.8, 4) is 0 Å². The molecule has 0 unspecified atom stereocenters. The molecule has 5 heteroatoms. The average molecular weight is 205 g/mol. The lowest BCUT2D eigenvalue weighted by atomic mass is 10.1. The van der Waals surface area contributed by atoms with Crippen molar-refractivity contribution in [2.75, 3.05) is 12.8 Å². The Labute approximate surface area is 86.2 Å². The number of nitrogen functional groups attached to an aromatic ring is 1. The fraction of sp³-hybridized carbons (Fsp3) is 0.200. The van der Waals surface area contributed by atoms with Gasteiger partial charge < -0.3 is 10.5 Å². The van der Waals surface area contributed by atoms with E-state index in [-0.39, 0.29) is 12.4 Å². The first-order chi connectivity index (χ1) is 7.20. The molecule has 3 N–H and O–H groups in total. The number of aromatic nitrogens is 2. The molecule has 0 saturated heterocycles. The van der Waals surface area contributed by atoms with Gasteiger partial charge in [0.1, 0.15) is 0 Å². The number of carbonyl (C=O) groups excluding carboxylic acids is 1. The van der Waals surface area contributed by atoms with E-state index < -0.39 is 0 Å². The fourth-order valence-electron chi connectivity index (χ4n) is 1.44. The molecule has 5 nitrogen and oxygen atoms in total. The highest BCUT2D eigenvalue weighted by atomic mass is 16.5. The number of nitrogens with two attached hydrogens (primary N) is 1. The van der Waals surface area contributed by atoms with Gasteiger partial charge in [0.05, 0.1) is 24.7 Å². The Kier molecular flexibility index (Phi) is 2.29. The van der Waals surface area contributed by atoms with Crippen molar-refractivity contribution in [2.45, 2.75) is 6.42 Å². The molecule has 0 fully saturated rings. The quantitative estimate of drug-likeness (QED) is 0.562. The Morgan fingerprint density at radius 3 is 3.13 bits per heavy atom. The van der Waals surface area contributed by atoms with Crippen molar-refractivity contribution in [3.05, 3.63) is 23.9 Å². The maximum absolute atomic E-state index is 11.1. The molecule has 15 heavy (non-hydrogen) atoms. The standard InChI is InChI=1S/C10H11N3O2/c1-15-10(14)5-9-7-3-2-6(11)4-8(7)12-13-9/h2-4H,5,11H2,1H3,(H,12,13). The third kappa shape index (κ3) is 1.76. The van der Waals surface area contributed by atoms with E-state index in [1.165, 1.54) is 7.11 Å². The summed E-state index contributed by atoms with van der Waals surface area (Å²) in [6.07, 6.45) is 0.191. The highest BCUT2D eigenvalue weighted by Gasteiger charge is 2.09. The molecule has 0 saturated carbocycles. The highest BCUT2D eigenvalue weighted by molar-refractivity contribution is 5.87. The molecular weight excluding hydrogens is 194 g/mol. The van der Waals surface area contributed by atoms with Crippen molar-refractivity contribution in [3.63, 3.8) is 0 Å². The summed E-state index contributed by atoms with van der Waals surface area (Å²) in [5.41, 5.74) is 7.77. The number of rotatable bonds is 2. The van der Waals surface area contributed by atoms with Gasteiger partial charge in [-0.3, -0.25) is 9.89 Å². The van der Waals surface area contributed by atoms with Crippen molar-refractivity contribution >= 4 is 22.6 Å². The van der Waals surface area contributed by atoms with Gasteiger partial charge in [-0.1, -0.05) is 0 Å². The number of anilines is 1. The summed E-state index contributed by atoms with van der Waals surface area (Å²) in [6.45, 7) is 0. The van der Waals surface area contributed by atoms with E-state index in [0.29, 0.717) is 5.69 Å². The Morgan fingerprint density at radius 1 is 1.60 bits per heavy atom. The molecule has 1 aromatic heterocycles. The fourth-order valence-corrected chi connectivity index (χ4v) is 1.44. The van der Waals surface area contributed by atoms with Gasteiger partial charge in [0, 0.05) is 11.1 Å².